The molecule has 0 aliphatic carbocycles. The lowest BCUT2D eigenvalue weighted by Gasteiger charge is -2.14. The molecule has 0 unspecified atom stereocenters. The number of nitriles is 1. The maximum Gasteiger partial charge on any atom is 0.236 e. The van der Waals surface area contributed by atoms with Crippen molar-refractivity contribution in [3.63, 3.8) is 0 Å². The average molecular weight is 481 g/mol. The molecule has 0 aliphatic heterocycles. The van der Waals surface area contributed by atoms with Gasteiger partial charge in [0.1, 0.15) is 11.8 Å². The molecule has 11 heteroatoms. The predicted octanol–water partition coefficient (Wildman–Crippen LogP) is 1.58. The van der Waals surface area contributed by atoms with Crippen LogP contribution in [-0.4, -0.2) is 52.1 Å². The maximum atomic E-state index is 9.87. The number of nitrogen functional groups attached to an aromatic ring is 1. The van der Waals surface area contributed by atoms with Crippen LogP contribution in [0.5, 0.6) is 23.0 Å². The zero-order valence-corrected chi connectivity index (χ0v) is 19.6. The number of hydrogen-bond acceptors (Lipinski definition) is 9. The van der Waals surface area contributed by atoms with Crippen molar-refractivity contribution in [2.24, 2.45) is 11.5 Å². The number of nitrogens with two attached hydrogens (primary N) is 3. The summed E-state index contributed by atoms with van der Waals surface area (Å²) in [6.07, 6.45) is 1.73. The number of ether oxygens (including phenoxy) is 4. The van der Waals surface area contributed by atoms with Gasteiger partial charge in [-0.3, -0.25) is 4.79 Å². The summed E-state index contributed by atoms with van der Waals surface area (Å²) in [5, 5.41) is 17.7. The van der Waals surface area contributed by atoms with Gasteiger partial charge in [0.25, 0.3) is 0 Å². The first-order chi connectivity index (χ1) is 15.3. The third-order valence-electron chi connectivity index (χ3n) is 4.22. The second kappa shape index (κ2) is 14.4. The molecule has 1 atom stereocenters. The van der Waals surface area contributed by atoms with E-state index in [1.807, 2.05) is 6.07 Å². The van der Waals surface area contributed by atoms with Gasteiger partial charge in [0.05, 0.1) is 52.4 Å². The summed E-state index contributed by atoms with van der Waals surface area (Å²) in [5.74, 6) is 1.34. The monoisotopic (exact) mass is 480 g/mol. The number of aliphatic hydroxyl groups is 1. The smallest absolute Gasteiger partial charge is 0.236 e. The summed E-state index contributed by atoms with van der Waals surface area (Å²) >= 11 is 0. The van der Waals surface area contributed by atoms with Gasteiger partial charge in [0.2, 0.25) is 11.7 Å². The predicted molar refractivity (Wildman–Crippen MR) is 128 cm³/mol. The normalized spacial score (nSPS) is 11.0. The minimum atomic E-state index is -0.903. The maximum absolute atomic E-state index is 9.87. The lowest BCUT2D eigenvalue weighted by atomic mass is 10.0. The second-order valence-corrected chi connectivity index (χ2v) is 6.28. The summed E-state index contributed by atoms with van der Waals surface area (Å²) in [5.41, 5.74) is 17.8. The quantitative estimate of drug-likeness (QED) is 0.248. The summed E-state index contributed by atoms with van der Waals surface area (Å²) in [6.45, 7) is -0.380. The molecule has 1 amide bonds. The number of halogens is 1. The van der Waals surface area contributed by atoms with Gasteiger partial charge in [-0.2, -0.15) is 5.26 Å². The van der Waals surface area contributed by atoms with E-state index in [0.717, 1.165) is 5.56 Å². The second-order valence-electron chi connectivity index (χ2n) is 6.28. The van der Waals surface area contributed by atoms with E-state index in [-0.39, 0.29) is 19.0 Å². The number of methoxy groups -OCH3 is 4. The zero-order valence-electron chi connectivity index (χ0n) is 18.8. The topological polar surface area (TPSA) is 176 Å². The molecular weight excluding hydrogens is 452 g/mol. The van der Waals surface area contributed by atoms with Gasteiger partial charge in [-0.05, 0) is 41.5 Å². The largest absolute Gasteiger partial charge is 0.495 e. The highest BCUT2D eigenvalue weighted by atomic mass is 35.5. The minimum Gasteiger partial charge on any atom is -0.495 e. The Morgan fingerprint density at radius 1 is 1.06 bits per heavy atom. The van der Waals surface area contributed by atoms with Crippen LogP contribution in [0.4, 0.5) is 5.69 Å². The Labute approximate surface area is 198 Å². The molecule has 33 heavy (non-hydrogen) atoms. The molecule has 2 aromatic rings. The van der Waals surface area contributed by atoms with Crippen molar-refractivity contribution in [3.8, 4) is 29.1 Å². The van der Waals surface area contributed by atoms with Crippen LogP contribution in [0, 0.1) is 11.3 Å². The lowest BCUT2D eigenvalue weighted by Crippen LogP contribution is -2.39. The molecule has 0 spiro atoms. The van der Waals surface area contributed by atoms with Crippen LogP contribution in [0.15, 0.2) is 30.3 Å². The Balaban J connectivity index is 0.00000111. The van der Waals surface area contributed by atoms with Gasteiger partial charge in [-0.15, -0.1) is 12.4 Å². The van der Waals surface area contributed by atoms with Crippen LogP contribution >= 0.6 is 12.4 Å². The minimum absolute atomic E-state index is 0. The number of carbonyl (C=O) groups excluding carboxylic acids is 1. The average Bonchev–Trinajstić information content (AvgIpc) is 2.81. The lowest BCUT2D eigenvalue weighted by molar-refractivity contribution is -0.120. The van der Waals surface area contributed by atoms with E-state index in [9.17, 15) is 10.1 Å². The Kier molecular flexibility index (Phi) is 12.8. The van der Waals surface area contributed by atoms with E-state index in [4.69, 9.17) is 35.5 Å². The number of nitrogens with zero attached hydrogens (tertiary/aromatic N) is 1. The van der Waals surface area contributed by atoms with Crippen LogP contribution < -0.4 is 36.1 Å². The highest BCUT2D eigenvalue weighted by Gasteiger charge is 2.15. The molecule has 2 aromatic carbocycles. The first kappa shape index (κ1) is 29.4. The number of amides is 1. The van der Waals surface area contributed by atoms with Crippen molar-refractivity contribution in [1.82, 2.24) is 0 Å². The molecule has 180 valence electrons. The summed E-state index contributed by atoms with van der Waals surface area (Å²) in [7, 11) is 6.14. The van der Waals surface area contributed by atoms with Gasteiger partial charge >= 0.3 is 0 Å². The fourth-order valence-electron chi connectivity index (χ4n) is 2.52. The van der Waals surface area contributed by atoms with Crippen molar-refractivity contribution in [1.29, 1.82) is 5.26 Å². The summed E-state index contributed by atoms with van der Waals surface area (Å²) in [4.78, 5) is 9.87. The van der Waals surface area contributed by atoms with Crippen molar-refractivity contribution in [2.45, 2.75) is 6.04 Å². The molecule has 0 bridgehead atoms. The number of carbonyl (C=O) groups is 1. The van der Waals surface area contributed by atoms with Crippen LogP contribution in [0.3, 0.4) is 0 Å². The van der Waals surface area contributed by atoms with Gasteiger partial charge < -0.3 is 41.3 Å². The van der Waals surface area contributed by atoms with Crippen molar-refractivity contribution in [2.75, 3.05) is 40.8 Å². The zero-order chi connectivity index (χ0) is 24.3. The van der Waals surface area contributed by atoms with Crippen LogP contribution in [0.1, 0.15) is 11.1 Å². The number of hydrogen-bond donors (Lipinski definition) is 4. The van der Waals surface area contributed by atoms with Crippen LogP contribution in [0.2, 0.25) is 0 Å². The van der Waals surface area contributed by atoms with Crippen LogP contribution in [0.25, 0.3) is 11.6 Å². The molecule has 10 nitrogen and oxygen atoms in total. The fraction of sp³-hybridized carbons (Fsp3) is 0.273. The third-order valence-corrected chi connectivity index (χ3v) is 4.22. The molecule has 2 rings (SSSR count). The summed E-state index contributed by atoms with van der Waals surface area (Å²) < 4.78 is 21.1. The van der Waals surface area contributed by atoms with Gasteiger partial charge in [-0.1, -0.05) is 6.07 Å². The number of benzene rings is 2. The Morgan fingerprint density at radius 2 is 1.61 bits per heavy atom. The van der Waals surface area contributed by atoms with E-state index in [1.165, 1.54) is 21.3 Å². The Bertz CT molecular complexity index is 982. The molecule has 0 saturated heterocycles. The molecular formula is C22H29ClN4O6. The van der Waals surface area contributed by atoms with Crippen LogP contribution in [-0.2, 0) is 4.79 Å². The third kappa shape index (κ3) is 8.08. The molecule has 0 radical (unpaired) electrons. The summed E-state index contributed by atoms with van der Waals surface area (Å²) in [6, 6.07) is 10.1. The fourth-order valence-corrected chi connectivity index (χ4v) is 2.52. The molecule has 0 aromatic heterocycles. The first-order valence-corrected chi connectivity index (χ1v) is 9.27. The Morgan fingerprint density at radius 3 is 1.94 bits per heavy atom. The van der Waals surface area contributed by atoms with E-state index in [0.29, 0.717) is 39.8 Å². The highest BCUT2D eigenvalue weighted by molar-refractivity contribution is 5.91. The number of aliphatic hydroxyl groups excluding tert-OH is 1. The van der Waals surface area contributed by atoms with Gasteiger partial charge in [-0.25, -0.2) is 0 Å². The molecule has 7 N–H and O–H groups in total. The van der Waals surface area contributed by atoms with E-state index in [1.54, 1.807) is 37.5 Å². The standard InChI is InChI=1S/C19H20N2O4.C3H8N2O2.ClH/c1-22-16-6-5-12(8-15(16)21)7-14(11-20)13-9-17(23-2)19(25-4)18(10-13)24-3;4-2(1-6)3(5)7;/h5-10H,21H2,1-4H3;2,6H,1,4H2,(H2,5,7);1H/t;2-;/m.0./s1. The van der Waals surface area contributed by atoms with Crippen molar-refractivity contribution < 1.29 is 28.8 Å². The molecule has 0 aliphatic rings. The number of rotatable bonds is 8. The van der Waals surface area contributed by atoms with Crippen molar-refractivity contribution in [3.05, 3.63) is 41.5 Å². The number of primary amides is 1. The Hall–Kier alpha value is -3.65. The SMILES string of the molecule is COc1ccc(C=C(C#N)c2cc(OC)c(OC)c(OC)c2)cc1N.Cl.NC(=O)[C@@H](N)CO. The highest BCUT2D eigenvalue weighted by Crippen LogP contribution is 2.40. The number of anilines is 1. The molecule has 0 fully saturated rings. The first-order valence-electron chi connectivity index (χ1n) is 9.27. The molecule has 0 heterocycles. The van der Waals surface area contributed by atoms with Crippen molar-refractivity contribution >= 4 is 35.7 Å². The van der Waals surface area contributed by atoms with E-state index >= 15 is 0 Å². The molecule has 0 saturated carbocycles. The van der Waals surface area contributed by atoms with E-state index in [2.05, 4.69) is 11.8 Å². The van der Waals surface area contributed by atoms with Gasteiger partial charge in [0, 0.05) is 0 Å². The van der Waals surface area contributed by atoms with Gasteiger partial charge in [0.15, 0.2) is 11.5 Å². The number of allylic oxidation sites excluding steroid dienone is 1. The van der Waals surface area contributed by atoms with E-state index < -0.39 is 11.9 Å².